The molecule has 3 heteroatoms. The van der Waals surface area contributed by atoms with Crippen molar-refractivity contribution in [3.05, 3.63) is 59.2 Å². The molecule has 0 saturated heterocycles. The first-order valence-electron chi connectivity index (χ1n) is 17.8. The summed E-state index contributed by atoms with van der Waals surface area (Å²) in [5, 5.41) is 0. The van der Waals surface area contributed by atoms with Crippen LogP contribution < -0.4 is 5.73 Å². The molecule has 0 aliphatic heterocycles. The van der Waals surface area contributed by atoms with Crippen LogP contribution in [0.25, 0.3) is 0 Å². The van der Waals surface area contributed by atoms with Gasteiger partial charge in [-0.2, -0.15) is 0 Å². The van der Waals surface area contributed by atoms with Crippen LogP contribution in [0.3, 0.4) is 0 Å². The lowest BCUT2D eigenvalue weighted by atomic mass is 9.33. The van der Waals surface area contributed by atoms with Crippen molar-refractivity contribution < 1.29 is 9.53 Å². The first kappa shape index (κ1) is 29.8. The summed E-state index contributed by atoms with van der Waals surface area (Å²) < 4.78 is 5.72. The molecule has 0 radical (unpaired) electrons. The van der Waals surface area contributed by atoms with Crippen LogP contribution in [0.15, 0.2) is 53.6 Å². The average Bonchev–Trinajstić information content (AvgIpc) is 3.38. The Morgan fingerprint density at radius 3 is 2.37 bits per heavy atom. The Hall–Kier alpha value is -1.87. The van der Waals surface area contributed by atoms with E-state index in [1.165, 1.54) is 64.2 Å². The van der Waals surface area contributed by atoms with Crippen molar-refractivity contribution in [2.45, 2.75) is 124 Å². The molecule has 43 heavy (non-hydrogen) atoms. The fraction of sp³-hybridized carbons (Fsp3) is 0.725. The van der Waals surface area contributed by atoms with E-state index < -0.39 is 0 Å². The van der Waals surface area contributed by atoms with Gasteiger partial charge in [-0.15, -0.1) is 0 Å². The third kappa shape index (κ3) is 4.40. The van der Waals surface area contributed by atoms with Gasteiger partial charge in [0, 0.05) is 5.54 Å². The molecule has 6 aliphatic carbocycles. The number of hydrogen-bond donors (Lipinski definition) is 1. The molecule has 1 aromatic rings. The molecule has 2 N–H and O–H groups in total. The Bertz CT molecular complexity index is 1310. The molecule has 4 saturated carbocycles. The lowest BCUT2D eigenvalue weighted by Gasteiger charge is -2.72. The van der Waals surface area contributed by atoms with Crippen molar-refractivity contribution in [1.82, 2.24) is 0 Å². The van der Waals surface area contributed by atoms with Gasteiger partial charge >= 0.3 is 5.97 Å². The smallest absolute Gasteiger partial charge is 0.338 e. The van der Waals surface area contributed by atoms with Crippen LogP contribution in [0.2, 0.25) is 0 Å². The van der Waals surface area contributed by atoms with Gasteiger partial charge < -0.3 is 10.5 Å². The summed E-state index contributed by atoms with van der Waals surface area (Å²) in [6.07, 6.45) is 21.8. The van der Waals surface area contributed by atoms with Gasteiger partial charge in [0.15, 0.2) is 0 Å². The van der Waals surface area contributed by atoms with Crippen LogP contribution in [0.5, 0.6) is 0 Å². The summed E-state index contributed by atoms with van der Waals surface area (Å²) in [6, 6.07) is 9.39. The number of allylic oxidation sites excluding steroid dienone is 4. The number of esters is 1. The molecule has 9 atom stereocenters. The second-order valence-corrected chi connectivity index (χ2v) is 17.3. The SMILES string of the molecule is CC1(C)C(C2=CCC(COC(=O)c3ccccc3)CC2)=CCC2(C)C1CCC1(C)C2CCC2C3CCCC3(N)CC[C@]21C. The standard InChI is InChI=1S/C40H57NO2/c1-36(2)30(28-15-13-27(14-16-28)26-43-35(42)29-10-7-6-8-11-29)19-22-37(3)33(36)20-23-39(5)34(37)18-17-31-32-12-9-21-40(32,41)25-24-38(31,39)4/h6-8,10-11,15,19,27,31-34H,9,12-14,16-18,20-26,41H2,1-5H3/t27?,31?,32?,33?,34?,37?,38-,39?,40?/m1/s1. The van der Waals surface area contributed by atoms with E-state index in [4.69, 9.17) is 10.5 Å². The second-order valence-electron chi connectivity index (χ2n) is 17.3. The average molecular weight is 584 g/mol. The van der Waals surface area contributed by atoms with Crippen LogP contribution in [-0.4, -0.2) is 18.1 Å². The maximum atomic E-state index is 12.5. The Kier molecular flexibility index (Phi) is 7.16. The van der Waals surface area contributed by atoms with Crippen molar-refractivity contribution in [2.75, 3.05) is 6.61 Å². The molecule has 0 spiro atoms. The quantitative estimate of drug-likeness (QED) is 0.359. The largest absolute Gasteiger partial charge is 0.462 e. The maximum absolute atomic E-state index is 12.5. The van der Waals surface area contributed by atoms with E-state index in [0.717, 1.165) is 42.9 Å². The minimum absolute atomic E-state index is 0.134. The minimum atomic E-state index is -0.197. The van der Waals surface area contributed by atoms with E-state index in [0.29, 0.717) is 34.3 Å². The summed E-state index contributed by atoms with van der Waals surface area (Å²) in [5.41, 5.74) is 12.5. The van der Waals surface area contributed by atoms with Gasteiger partial charge in [-0.3, -0.25) is 0 Å². The zero-order valence-corrected chi connectivity index (χ0v) is 27.7. The highest BCUT2D eigenvalue weighted by atomic mass is 16.5. The number of fused-ring (bicyclic) bond motifs is 7. The Balaban J connectivity index is 1.08. The van der Waals surface area contributed by atoms with Crippen LogP contribution >= 0.6 is 0 Å². The molecule has 1 aromatic carbocycles. The zero-order valence-electron chi connectivity index (χ0n) is 27.7. The number of carbonyl (C=O) groups excluding carboxylic acids is 1. The predicted molar refractivity (Wildman–Crippen MR) is 175 cm³/mol. The van der Waals surface area contributed by atoms with E-state index in [9.17, 15) is 4.79 Å². The van der Waals surface area contributed by atoms with Crippen molar-refractivity contribution in [3.8, 4) is 0 Å². The van der Waals surface area contributed by atoms with Gasteiger partial charge in [0.25, 0.3) is 0 Å². The monoisotopic (exact) mass is 583 g/mol. The van der Waals surface area contributed by atoms with Crippen molar-refractivity contribution in [1.29, 1.82) is 0 Å². The minimum Gasteiger partial charge on any atom is -0.462 e. The van der Waals surface area contributed by atoms with Gasteiger partial charge in [-0.1, -0.05) is 71.4 Å². The number of nitrogens with two attached hydrogens (primary N) is 1. The fourth-order valence-electron chi connectivity index (χ4n) is 12.9. The molecule has 3 nitrogen and oxygen atoms in total. The van der Waals surface area contributed by atoms with Gasteiger partial charge in [0.1, 0.15) is 0 Å². The highest BCUT2D eigenvalue weighted by Gasteiger charge is 2.69. The zero-order chi connectivity index (χ0) is 30.3. The molecule has 0 amide bonds. The molecular weight excluding hydrogens is 526 g/mol. The van der Waals surface area contributed by atoms with E-state index >= 15 is 0 Å². The summed E-state index contributed by atoms with van der Waals surface area (Å²) >= 11 is 0. The Morgan fingerprint density at radius 2 is 1.63 bits per heavy atom. The fourth-order valence-corrected chi connectivity index (χ4v) is 12.9. The van der Waals surface area contributed by atoms with Gasteiger partial charge in [-0.25, -0.2) is 4.79 Å². The summed E-state index contributed by atoms with van der Waals surface area (Å²) in [7, 11) is 0. The topological polar surface area (TPSA) is 52.3 Å². The molecule has 7 rings (SSSR count). The van der Waals surface area contributed by atoms with E-state index in [-0.39, 0.29) is 16.9 Å². The van der Waals surface area contributed by atoms with E-state index in [1.807, 2.05) is 30.3 Å². The Morgan fingerprint density at radius 1 is 0.837 bits per heavy atom. The predicted octanol–water partition coefficient (Wildman–Crippen LogP) is 9.67. The number of rotatable bonds is 4. The number of ether oxygens (including phenoxy) is 1. The lowest BCUT2D eigenvalue weighted by Crippen LogP contribution is -2.66. The molecule has 4 fully saturated rings. The molecule has 0 aromatic heterocycles. The normalized spacial score (nSPS) is 45.0. The van der Waals surface area contributed by atoms with Crippen LogP contribution in [-0.2, 0) is 4.74 Å². The van der Waals surface area contributed by atoms with Gasteiger partial charge in [-0.05, 0) is 152 Å². The van der Waals surface area contributed by atoms with Crippen LogP contribution in [0.1, 0.15) is 128 Å². The van der Waals surface area contributed by atoms with Gasteiger partial charge in [0.2, 0.25) is 0 Å². The van der Waals surface area contributed by atoms with E-state index in [2.05, 4.69) is 46.8 Å². The lowest BCUT2D eigenvalue weighted by molar-refractivity contribution is -0.216. The summed E-state index contributed by atoms with van der Waals surface area (Å²) in [5.74, 6) is 3.33. The number of hydrogen-bond acceptors (Lipinski definition) is 3. The molecule has 234 valence electrons. The molecular formula is C40H57NO2. The first-order valence-corrected chi connectivity index (χ1v) is 17.8. The van der Waals surface area contributed by atoms with Crippen LogP contribution in [0.4, 0.5) is 0 Å². The maximum Gasteiger partial charge on any atom is 0.338 e. The van der Waals surface area contributed by atoms with Crippen LogP contribution in [0, 0.1) is 51.2 Å². The Labute approximate surface area is 261 Å². The third-order valence-corrected chi connectivity index (χ3v) is 15.3. The molecule has 0 bridgehead atoms. The highest BCUT2D eigenvalue weighted by Crippen LogP contribution is 2.75. The third-order valence-electron chi connectivity index (χ3n) is 15.3. The second kappa shape index (κ2) is 10.3. The summed E-state index contributed by atoms with van der Waals surface area (Å²) in [6.45, 7) is 13.8. The van der Waals surface area contributed by atoms with E-state index in [1.54, 1.807) is 11.1 Å². The number of carbonyl (C=O) groups is 1. The van der Waals surface area contributed by atoms with Crippen molar-refractivity contribution in [2.24, 2.45) is 57.0 Å². The molecule has 6 aliphatic rings. The highest BCUT2D eigenvalue weighted by molar-refractivity contribution is 5.89. The first-order chi connectivity index (χ1) is 20.4. The molecule has 0 heterocycles. The van der Waals surface area contributed by atoms with Gasteiger partial charge in [0.05, 0.1) is 12.2 Å². The van der Waals surface area contributed by atoms with Crippen molar-refractivity contribution >= 4 is 5.97 Å². The van der Waals surface area contributed by atoms with Crippen molar-refractivity contribution in [3.63, 3.8) is 0 Å². The molecule has 8 unspecified atom stereocenters. The number of benzene rings is 1. The summed E-state index contributed by atoms with van der Waals surface area (Å²) in [4.78, 5) is 12.5.